The maximum atomic E-state index is 10.5. The molecule has 0 bridgehead atoms. The van der Waals surface area contributed by atoms with Crippen molar-refractivity contribution < 1.29 is 9.05 Å². The molecule has 1 aromatic carbocycles. The molecule has 4 heteroatoms. The summed E-state index contributed by atoms with van der Waals surface area (Å²) >= 11 is 0. The van der Waals surface area contributed by atoms with Gasteiger partial charge in [0.2, 0.25) is 0 Å². The number of hydrogen-bond acceptors (Lipinski definition) is 2. The van der Waals surface area contributed by atoms with Crippen LogP contribution in [0.5, 0.6) is 0 Å². The third-order valence-corrected chi connectivity index (χ3v) is 1.61. The lowest BCUT2D eigenvalue weighted by Gasteiger charge is -2.01. The lowest BCUT2D eigenvalue weighted by molar-refractivity contribution is 0.0837. The Morgan fingerprint density at radius 3 is 2.67 bits per heavy atom. The molecule has 12 heavy (non-hydrogen) atoms. The molecule has 1 N–H and O–H groups in total. The molecule has 1 unspecified atom stereocenters. The number of hydrogen-bond donors (Lipinski definition) is 1. The van der Waals surface area contributed by atoms with Gasteiger partial charge in [0, 0.05) is 6.26 Å². The fourth-order valence-electron chi connectivity index (χ4n) is 0.770. The van der Waals surface area contributed by atoms with E-state index in [1.165, 1.54) is 6.26 Å². The smallest absolute Gasteiger partial charge is 0.112 e. The van der Waals surface area contributed by atoms with Crippen LogP contribution in [0.3, 0.4) is 0 Å². The van der Waals surface area contributed by atoms with Crippen molar-refractivity contribution in [3.05, 3.63) is 35.9 Å². The highest BCUT2D eigenvalue weighted by atomic mass is 32.2. The van der Waals surface area contributed by atoms with E-state index in [4.69, 9.17) is 4.84 Å². The minimum absolute atomic E-state index is 0.431. The summed E-state index contributed by atoms with van der Waals surface area (Å²) in [5, 5.41) is 0. The van der Waals surface area contributed by atoms with Gasteiger partial charge in [-0.05, 0) is 5.56 Å². The molecule has 1 aromatic rings. The molecule has 0 saturated heterocycles. The fraction of sp³-hybridized carbons (Fsp3) is 0.250. The van der Waals surface area contributed by atoms with Gasteiger partial charge in [-0.3, -0.25) is 4.84 Å². The number of nitrogens with one attached hydrogen (secondary N) is 1. The maximum Gasteiger partial charge on any atom is 0.112 e. The highest BCUT2D eigenvalue weighted by Crippen LogP contribution is 1.98. The highest BCUT2D eigenvalue weighted by molar-refractivity contribution is 7.82. The standard InChI is InChI=1S/C8H11NO2S/c1-12(10)9-11-7-8-5-3-2-4-6-8/h2-6,9H,7H2,1H3. The minimum Gasteiger partial charge on any atom is -0.284 e. The summed E-state index contributed by atoms with van der Waals surface area (Å²) < 4.78 is 10.5. The van der Waals surface area contributed by atoms with Crippen molar-refractivity contribution in [2.75, 3.05) is 6.26 Å². The molecule has 66 valence electrons. The quantitative estimate of drug-likeness (QED) is 0.711. The van der Waals surface area contributed by atoms with Crippen LogP contribution in [0.25, 0.3) is 0 Å². The number of benzene rings is 1. The van der Waals surface area contributed by atoms with E-state index in [-0.39, 0.29) is 0 Å². The molecule has 0 aliphatic rings. The van der Waals surface area contributed by atoms with E-state index in [1.54, 1.807) is 0 Å². The first-order valence-corrected chi connectivity index (χ1v) is 5.09. The van der Waals surface area contributed by atoms with E-state index >= 15 is 0 Å². The highest BCUT2D eigenvalue weighted by Gasteiger charge is 1.91. The van der Waals surface area contributed by atoms with Crippen molar-refractivity contribution in [3.63, 3.8) is 0 Å². The summed E-state index contributed by atoms with van der Waals surface area (Å²) in [4.78, 5) is 7.30. The summed E-state index contributed by atoms with van der Waals surface area (Å²) in [6.07, 6.45) is 1.52. The van der Waals surface area contributed by atoms with Crippen LogP contribution in [0.15, 0.2) is 30.3 Å². The van der Waals surface area contributed by atoms with Crippen LogP contribution in [0.1, 0.15) is 5.56 Å². The zero-order valence-electron chi connectivity index (χ0n) is 6.82. The molecule has 0 aliphatic heterocycles. The van der Waals surface area contributed by atoms with E-state index in [2.05, 4.69) is 4.89 Å². The molecule has 0 aliphatic carbocycles. The Labute approximate surface area is 74.3 Å². The second-order valence-electron chi connectivity index (χ2n) is 2.31. The average Bonchev–Trinajstić information content (AvgIpc) is 2.05. The molecule has 0 saturated carbocycles. The van der Waals surface area contributed by atoms with E-state index < -0.39 is 11.0 Å². The first kappa shape index (κ1) is 9.38. The molecular weight excluding hydrogens is 174 g/mol. The van der Waals surface area contributed by atoms with Gasteiger partial charge in [-0.15, -0.1) is 4.89 Å². The molecule has 0 spiro atoms. The second-order valence-corrected chi connectivity index (χ2v) is 3.39. The summed E-state index contributed by atoms with van der Waals surface area (Å²) in [6.45, 7) is 0.431. The molecule has 0 heterocycles. The van der Waals surface area contributed by atoms with Gasteiger partial charge in [0.1, 0.15) is 11.0 Å². The Bertz CT molecular complexity index is 250. The van der Waals surface area contributed by atoms with Crippen LogP contribution in [-0.4, -0.2) is 10.5 Å². The van der Waals surface area contributed by atoms with Crippen molar-refractivity contribution in [1.82, 2.24) is 4.89 Å². The van der Waals surface area contributed by atoms with Gasteiger partial charge in [-0.25, -0.2) is 4.21 Å². The molecule has 0 radical (unpaired) electrons. The average molecular weight is 185 g/mol. The fourth-order valence-corrected chi connectivity index (χ4v) is 0.995. The van der Waals surface area contributed by atoms with Crippen molar-refractivity contribution in [1.29, 1.82) is 0 Å². The Morgan fingerprint density at radius 2 is 2.08 bits per heavy atom. The summed E-state index contributed by atoms with van der Waals surface area (Å²) in [7, 11) is -1.11. The molecule has 3 nitrogen and oxygen atoms in total. The SMILES string of the molecule is CS(=O)NOCc1ccccc1. The van der Waals surface area contributed by atoms with Crippen molar-refractivity contribution in [2.45, 2.75) is 6.61 Å². The zero-order valence-corrected chi connectivity index (χ0v) is 7.64. The van der Waals surface area contributed by atoms with Gasteiger partial charge >= 0.3 is 0 Å². The van der Waals surface area contributed by atoms with Crippen LogP contribution in [0.2, 0.25) is 0 Å². The lowest BCUT2D eigenvalue weighted by atomic mass is 10.2. The zero-order chi connectivity index (χ0) is 8.81. The van der Waals surface area contributed by atoms with Gasteiger partial charge in [0.05, 0.1) is 6.61 Å². The second kappa shape index (κ2) is 5.03. The van der Waals surface area contributed by atoms with E-state index in [0.717, 1.165) is 5.56 Å². The monoisotopic (exact) mass is 185 g/mol. The lowest BCUT2D eigenvalue weighted by Crippen LogP contribution is -2.15. The summed E-state index contributed by atoms with van der Waals surface area (Å²) in [5.41, 5.74) is 1.05. The van der Waals surface area contributed by atoms with Crippen LogP contribution >= 0.6 is 0 Å². The van der Waals surface area contributed by atoms with E-state index in [1.807, 2.05) is 30.3 Å². The van der Waals surface area contributed by atoms with Crippen molar-refractivity contribution >= 4 is 11.0 Å². The molecular formula is C8H11NO2S. The van der Waals surface area contributed by atoms with Crippen LogP contribution in [-0.2, 0) is 22.4 Å². The molecule has 0 fully saturated rings. The normalized spacial score (nSPS) is 12.8. The predicted octanol–water partition coefficient (Wildman–Crippen LogP) is 1.00. The first-order chi connectivity index (χ1) is 5.79. The van der Waals surface area contributed by atoms with Crippen molar-refractivity contribution in [2.24, 2.45) is 0 Å². The first-order valence-electron chi connectivity index (χ1n) is 3.54. The third-order valence-electron chi connectivity index (χ3n) is 1.26. The molecule has 0 aromatic heterocycles. The van der Waals surface area contributed by atoms with Gasteiger partial charge < -0.3 is 0 Å². The molecule has 1 rings (SSSR count). The summed E-state index contributed by atoms with van der Waals surface area (Å²) in [6, 6.07) is 9.69. The van der Waals surface area contributed by atoms with Gasteiger partial charge in [-0.2, -0.15) is 0 Å². The van der Waals surface area contributed by atoms with Crippen molar-refractivity contribution in [3.8, 4) is 0 Å². The van der Waals surface area contributed by atoms with Crippen LogP contribution in [0, 0.1) is 0 Å². The summed E-state index contributed by atoms with van der Waals surface area (Å²) in [5.74, 6) is 0. The third kappa shape index (κ3) is 3.61. The van der Waals surface area contributed by atoms with E-state index in [0.29, 0.717) is 6.61 Å². The van der Waals surface area contributed by atoms with Crippen LogP contribution in [0.4, 0.5) is 0 Å². The Morgan fingerprint density at radius 1 is 1.42 bits per heavy atom. The van der Waals surface area contributed by atoms with Gasteiger partial charge in [0.25, 0.3) is 0 Å². The Hall–Kier alpha value is -0.710. The Balaban J connectivity index is 2.29. The Kier molecular flexibility index (Phi) is 3.93. The van der Waals surface area contributed by atoms with Gasteiger partial charge in [-0.1, -0.05) is 30.3 Å². The van der Waals surface area contributed by atoms with E-state index in [9.17, 15) is 4.21 Å². The minimum atomic E-state index is -1.11. The van der Waals surface area contributed by atoms with Gasteiger partial charge in [0.15, 0.2) is 0 Å². The molecule has 1 atom stereocenters. The number of rotatable bonds is 4. The maximum absolute atomic E-state index is 10.5. The largest absolute Gasteiger partial charge is 0.284 e. The predicted molar refractivity (Wildman–Crippen MR) is 48.4 cm³/mol. The molecule has 0 amide bonds. The topological polar surface area (TPSA) is 38.3 Å². The van der Waals surface area contributed by atoms with Crippen LogP contribution < -0.4 is 4.89 Å².